The van der Waals surface area contributed by atoms with E-state index in [0.717, 1.165) is 6.07 Å². The van der Waals surface area contributed by atoms with Gasteiger partial charge in [0.05, 0.1) is 6.07 Å². The fourth-order valence-corrected chi connectivity index (χ4v) is 0.574. The van der Waals surface area contributed by atoms with Crippen molar-refractivity contribution in [3.8, 4) is 11.5 Å². The molecule has 10 heavy (non-hydrogen) atoms. The van der Waals surface area contributed by atoms with Crippen LogP contribution in [0.25, 0.3) is 4.98 Å². The maximum absolute atomic E-state index is 8.81. The van der Waals surface area contributed by atoms with Crippen LogP contribution in [0.1, 0.15) is 0 Å². The van der Waals surface area contributed by atoms with Crippen LogP contribution < -0.4 is 0 Å². The number of phenolic OH excluding ortho intramolecular Hbond substituents is 2. The van der Waals surface area contributed by atoms with Crippen molar-refractivity contribution >= 4 is 5.69 Å². The molecule has 50 valence electrons. The number of phenols is 2. The normalized spacial score (nSPS) is 8.70. The molecule has 1 rings (SSSR count). The van der Waals surface area contributed by atoms with Crippen LogP contribution >= 0.6 is 0 Å². The first-order chi connectivity index (χ1) is 4.74. The monoisotopic (exact) mass is 137 g/mol. The molecule has 0 amide bonds. The average Bonchev–Trinajstić information content (AvgIpc) is 1.95. The van der Waals surface area contributed by atoms with Gasteiger partial charge in [0.15, 0.2) is 16.5 Å². The molecule has 0 saturated carbocycles. The molecule has 0 atom stereocenters. The number of hydrogen-bond donors (Lipinski definition) is 2. The Labute approximate surface area is 57.0 Å². The SMILES string of the molecule is N#[N+]c1ccc(O)c(O)c1. The molecule has 0 aliphatic heterocycles. The molecule has 2 N–H and O–H groups in total. The highest BCUT2D eigenvalue weighted by Crippen LogP contribution is 2.28. The highest BCUT2D eigenvalue weighted by Gasteiger charge is 2.07. The maximum Gasteiger partial charge on any atom is 0.389 e. The second-order valence-electron chi connectivity index (χ2n) is 1.77. The minimum absolute atomic E-state index is 0.204. The third kappa shape index (κ3) is 0.977. The van der Waals surface area contributed by atoms with Crippen molar-refractivity contribution in [1.29, 1.82) is 5.39 Å². The highest BCUT2D eigenvalue weighted by molar-refractivity contribution is 5.53. The summed E-state index contributed by atoms with van der Waals surface area (Å²) in [6.45, 7) is 0. The van der Waals surface area contributed by atoms with E-state index in [1.165, 1.54) is 12.1 Å². The minimum atomic E-state index is -0.296. The Hall–Kier alpha value is -1.76. The first-order valence-electron chi connectivity index (χ1n) is 2.61. The molecule has 0 unspecified atom stereocenters. The summed E-state index contributed by atoms with van der Waals surface area (Å²) >= 11 is 0. The Morgan fingerprint density at radius 2 is 1.90 bits per heavy atom. The molecule has 0 aromatic heterocycles. The lowest BCUT2D eigenvalue weighted by Gasteiger charge is -1.89. The van der Waals surface area contributed by atoms with Crippen molar-refractivity contribution in [3.63, 3.8) is 0 Å². The van der Waals surface area contributed by atoms with Crippen molar-refractivity contribution in [3.05, 3.63) is 23.2 Å². The van der Waals surface area contributed by atoms with E-state index in [0.29, 0.717) is 0 Å². The lowest BCUT2D eigenvalue weighted by molar-refractivity contribution is 0.404. The van der Waals surface area contributed by atoms with Gasteiger partial charge in [-0.05, 0) is 6.07 Å². The van der Waals surface area contributed by atoms with Gasteiger partial charge in [0.25, 0.3) is 0 Å². The Morgan fingerprint density at radius 1 is 1.20 bits per heavy atom. The van der Waals surface area contributed by atoms with Gasteiger partial charge in [-0.2, -0.15) is 0 Å². The van der Waals surface area contributed by atoms with Gasteiger partial charge in [-0.1, -0.05) is 0 Å². The number of nitrogens with zero attached hydrogens (tertiary/aromatic N) is 2. The summed E-state index contributed by atoms with van der Waals surface area (Å²) in [6, 6.07) is 3.76. The highest BCUT2D eigenvalue weighted by atomic mass is 16.3. The largest absolute Gasteiger partial charge is 0.504 e. The lowest BCUT2D eigenvalue weighted by Crippen LogP contribution is -1.65. The second kappa shape index (κ2) is 2.23. The number of aromatic hydroxyl groups is 2. The average molecular weight is 137 g/mol. The summed E-state index contributed by atoms with van der Waals surface area (Å²) in [5, 5.41) is 25.8. The molecule has 0 aliphatic carbocycles. The van der Waals surface area contributed by atoms with Crippen molar-refractivity contribution in [2.45, 2.75) is 0 Å². The first kappa shape index (κ1) is 6.36. The molecular weight excluding hydrogens is 132 g/mol. The topological polar surface area (TPSA) is 68.6 Å². The first-order valence-corrected chi connectivity index (χ1v) is 2.61. The van der Waals surface area contributed by atoms with Crippen molar-refractivity contribution < 1.29 is 10.2 Å². The number of benzene rings is 1. The molecule has 0 spiro atoms. The van der Waals surface area contributed by atoms with Gasteiger partial charge in [0, 0.05) is 6.07 Å². The molecule has 1 aromatic carbocycles. The van der Waals surface area contributed by atoms with Gasteiger partial charge in [-0.15, -0.1) is 0 Å². The Bertz CT molecular complexity index is 290. The summed E-state index contributed by atoms with van der Waals surface area (Å²) in [6.07, 6.45) is 0. The summed E-state index contributed by atoms with van der Waals surface area (Å²) in [7, 11) is 0. The predicted octanol–water partition coefficient (Wildman–Crippen LogP) is 1.58. The zero-order chi connectivity index (χ0) is 7.56. The van der Waals surface area contributed by atoms with Crippen LogP contribution in [0.2, 0.25) is 0 Å². The zero-order valence-electron chi connectivity index (χ0n) is 5.02. The quantitative estimate of drug-likeness (QED) is 0.421. The van der Waals surface area contributed by atoms with Crippen LogP contribution in [0.3, 0.4) is 0 Å². The number of hydrogen-bond acceptors (Lipinski definition) is 3. The predicted molar refractivity (Wildman–Crippen MR) is 34.5 cm³/mol. The van der Waals surface area contributed by atoms with Crippen LogP contribution in [0.15, 0.2) is 18.2 Å². The van der Waals surface area contributed by atoms with E-state index in [1.807, 2.05) is 0 Å². The Morgan fingerprint density at radius 3 is 2.40 bits per heavy atom. The summed E-state index contributed by atoms with van der Waals surface area (Å²) < 4.78 is 0. The van der Waals surface area contributed by atoms with Gasteiger partial charge in [-0.25, -0.2) is 0 Å². The maximum atomic E-state index is 8.81. The molecule has 0 heterocycles. The van der Waals surface area contributed by atoms with Gasteiger partial charge in [0.1, 0.15) is 0 Å². The van der Waals surface area contributed by atoms with Crippen molar-refractivity contribution in [2.24, 2.45) is 0 Å². The van der Waals surface area contributed by atoms with E-state index in [-0.39, 0.29) is 17.2 Å². The second-order valence-corrected chi connectivity index (χ2v) is 1.77. The van der Waals surface area contributed by atoms with Crippen molar-refractivity contribution in [1.82, 2.24) is 0 Å². The van der Waals surface area contributed by atoms with E-state index in [4.69, 9.17) is 15.6 Å². The third-order valence-electron chi connectivity index (χ3n) is 1.07. The zero-order valence-corrected chi connectivity index (χ0v) is 5.02. The summed E-state index contributed by atoms with van der Waals surface area (Å²) in [5.41, 5.74) is 0.204. The summed E-state index contributed by atoms with van der Waals surface area (Å²) in [4.78, 5) is 2.80. The third-order valence-corrected chi connectivity index (χ3v) is 1.07. The Balaban J connectivity index is 3.20. The molecule has 0 bridgehead atoms. The van der Waals surface area contributed by atoms with E-state index in [2.05, 4.69) is 4.98 Å². The molecule has 0 radical (unpaired) electrons. The smallest absolute Gasteiger partial charge is 0.389 e. The fraction of sp³-hybridized carbons (Fsp3) is 0. The molecular formula is C6H5N2O2+. The molecule has 0 saturated heterocycles. The van der Waals surface area contributed by atoms with Crippen LogP contribution in [-0.2, 0) is 0 Å². The fourth-order valence-electron chi connectivity index (χ4n) is 0.574. The number of rotatable bonds is 0. The summed E-state index contributed by atoms with van der Waals surface area (Å²) in [5.74, 6) is -0.525. The van der Waals surface area contributed by atoms with E-state index in [1.54, 1.807) is 0 Å². The minimum Gasteiger partial charge on any atom is -0.504 e. The van der Waals surface area contributed by atoms with Crippen LogP contribution in [0, 0.1) is 5.39 Å². The van der Waals surface area contributed by atoms with Gasteiger partial charge in [0.2, 0.25) is 5.39 Å². The van der Waals surface area contributed by atoms with Gasteiger partial charge >= 0.3 is 5.69 Å². The van der Waals surface area contributed by atoms with Gasteiger partial charge in [-0.3, -0.25) is 0 Å². The standard InChI is InChI=1S/C6H4N2O2/c7-8-4-1-2-5(9)6(10)3-4/h1-3,7H/p+1. The molecule has 0 fully saturated rings. The van der Waals surface area contributed by atoms with Crippen molar-refractivity contribution in [2.75, 3.05) is 0 Å². The van der Waals surface area contributed by atoms with Crippen LogP contribution in [-0.4, -0.2) is 10.2 Å². The molecule has 0 aliphatic rings. The number of diazo groups is 1. The van der Waals surface area contributed by atoms with E-state index < -0.39 is 0 Å². The molecule has 4 nitrogen and oxygen atoms in total. The van der Waals surface area contributed by atoms with E-state index in [9.17, 15) is 0 Å². The van der Waals surface area contributed by atoms with Crippen LogP contribution in [0.4, 0.5) is 5.69 Å². The molecule has 1 aromatic rings. The lowest BCUT2D eigenvalue weighted by atomic mass is 10.3. The van der Waals surface area contributed by atoms with Crippen LogP contribution in [0.5, 0.6) is 11.5 Å². The van der Waals surface area contributed by atoms with E-state index >= 15 is 0 Å². The Kier molecular flexibility index (Phi) is 1.42. The van der Waals surface area contributed by atoms with Gasteiger partial charge < -0.3 is 10.2 Å². The molecule has 4 heteroatoms.